The van der Waals surface area contributed by atoms with Crippen LogP contribution >= 0.6 is 11.6 Å². The van der Waals surface area contributed by atoms with Crippen molar-refractivity contribution in [2.24, 2.45) is 20.2 Å². The number of aliphatic imine (C=N–C) groups is 1. The summed E-state index contributed by atoms with van der Waals surface area (Å²) in [4.78, 5) is 3.78. The molecule has 13 heteroatoms. The number of rotatable bonds is 5. The van der Waals surface area contributed by atoms with Crippen molar-refractivity contribution >= 4 is 39.1 Å². The largest absolute Gasteiger partial charge is 0.416 e. The molecule has 4 aromatic carbocycles. The number of benzene rings is 4. The van der Waals surface area contributed by atoms with E-state index in [1.54, 1.807) is 24.3 Å². The summed E-state index contributed by atoms with van der Waals surface area (Å²) in [7, 11) is -4.59. The highest BCUT2D eigenvalue weighted by molar-refractivity contribution is 7.90. The van der Waals surface area contributed by atoms with Crippen molar-refractivity contribution in [2.45, 2.75) is 23.4 Å². The topological polar surface area (TPSA) is 100 Å². The highest BCUT2D eigenvalue weighted by Crippen LogP contribution is 2.32. The summed E-state index contributed by atoms with van der Waals surface area (Å²) in [5.41, 5.74) is 7.74. The molecule has 0 fully saturated rings. The van der Waals surface area contributed by atoms with E-state index in [4.69, 9.17) is 22.4 Å². The number of hydrogen-bond donors (Lipinski definition) is 1. The second-order valence-electron chi connectivity index (χ2n) is 9.76. The van der Waals surface area contributed by atoms with Crippen LogP contribution in [0.5, 0.6) is 0 Å². The molecule has 226 valence electrons. The van der Waals surface area contributed by atoms with Gasteiger partial charge in [0.1, 0.15) is 11.7 Å². The van der Waals surface area contributed by atoms with Crippen LogP contribution in [0.15, 0.2) is 123 Å². The maximum Gasteiger partial charge on any atom is 0.416 e. The van der Waals surface area contributed by atoms with Crippen LogP contribution in [-0.2, 0) is 16.2 Å². The molecule has 0 amide bonds. The van der Waals surface area contributed by atoms with Crippen LogP contribution in [0.2, 0.25) is 5.02 Å². The monoisotopic (exact) mass is 641 g/mol. The number of guanidine groups is 1. The molecule has 1 atom stereocenters. The molecule has 5 rings (SSSR count). The molecule has 4 aromatic rings. The van der Waals surface area contributed by atoms with Crippen molar-refractivity contribution in [2.75, 3.05) is 6.54 Å². The van der Waals surface area contributed by atoms with Crippen LogP contribution in [0.25, 0.3) is 0 Å². The van der Waals surface area contributed by atoms with Gasteiger partial charge in [0.15, 0.2) is 0 Å². The first-order valence-corrected chi connectivity index (χ1v) is 15.0. The molecule has 0 aromatic heterocycles. The maximum atomic E-state index is 13.5. The Kier molecular flexibility index (Phi) is 8.84. The predicted molar refractivity (Wildman–Crippen MR) is 162 cm³/mol. The molecule has 1 unspecified atom stereocenters. The molecule has 0 saturated carbocycles. The molecule has 2 N–H and O–H groups in total. The van der Waals surface area contributed by atoms with E-state index in [0.717, 1.165) is 29.8 Å². The summed E-state index contributed by atoms with van der Waals surface area (Å²) in [5, 5.41) is 6.56. The number of nitrogens with zero attached hydrogens (tertiary/aromatic N) is 4. The highest BCUT2D eigenvalue weighted by atomic mass is 35.5. The normalized spacial score (nSPS) is 16.5. The number of nitrogens with two attached hydrogens (primary N) is 1. The molecule has 0 spiro atoms. The van der Waals surface area contributed by atoms with Crippen molar-refractivity contribution in [3.05, 3.63) is 136 Å². The average molecular weight is 642 g/mol. The van der Waals surface area contributed by atoms with E-state index in [0.29, 0.717) is 34.9 Å². The molecule has 0 bridgehead atoms. The quantitative estimate of drug-likeness (QED) is 0.146. The Morgan fingerprint density at radius 2 is 1.55 bits per heavy atom. The van der Waals surface area contributed by atoms with E-state index in [-0.39, 0.29) is 23.9 Å². The van der Waals surface area contributed by atoms with Gasteiger partial charge in [-0.3, -0.25) is 0 Å². The van der Waals surface area contributed by atoms with Gasteiger partial charge in [-0.15, -0.1) is 4.40 Å². The van der Waals surface area contributed by atoms with Gasteiger partial charge in [-0.05, 0) is 78.2 Å². The number of hydrogen-bond acceptors (Lipinski definition) is 3. The fourth-order valence-corrected chi connectivity index (χ4v) is 5.63. The number of alkyl halides is 3. The Labute approximate surface area is 256 Å². The maximum absolute atomic E-state index is 13.5. The summed E-state index contributed by atoms with van der Waals surface area (Å²) in [6.07, 6.45) is -4.18. The summed E-state index contributed by atoms with van der Waals surface area (Å²) in [6.45, 7) is 0.165. The molecule has 0 saturated heterocycles. The zero-order valence-electron chi connectivity index (χ0n) is 22.8. The van der Waals surface area contributed by atoms with Crippen molar-refractivity contribution < 1.29 is 26.0 Å². The van der Waals surface area contributed by atoms with Gasteiger partial charge < -0.3 is 5.73 Å². The van der Waals surface area contributed by atoms with Gasteiger partial charge in [-0.1, -0.05) is 54.1 Å². The smallest absolute Gasteiger partial charge is 0.383 e. The Balaban J connectivity index is 1.63. The minimum Gasteiger partial charge on any atom is -0.383 e. The molecule has 1 aliphatic heterocycles. The lowest BCUT2D eigenvalue weighted by Crippen LogP contribution is -2.36. The first kappa shape index (κ1) is 30.9. The van der Waals surface area contributed by atoms with E-state index in [2.05, 4.69) is 9.39 Å². The molecule has 44 heavy (non-hydrogen) atoms. The lowest BCUT2D eigenvalue weighted by atomic mass is 9.86. The third-order valence-corrected chi connectivity index (χ3v) is 8.33. The second-order valence-corrected chi connectivity index (χ2v) is 11.8. The van der Waals surface area contributed by atoms with E-state index in [9.17, 15) is 26.0 Å². The van der Waals surface area contributed by atoms with Crippen molar-refractivity contribution in [1.82, 2.24) is 5.01 Å². The zero-order valence-corrected chi connectivity index (χ0v) is 24.4. The zero-order chi connectivity index (χ0) is 31.5. The Morgan fingerprint density at radius 3 is 2.16 bits per heavy atom. The van der Waals surface area contributed by atoms with Crippen LogP contribution in [0.4, 0.5) is 17.6 Å². The predicted octanol–water partition coefficient (Wildman–Crippen LogP) is 6.84. The first-order chi connectivity index (χ1) is 20.9. The number of sulfonamides is 1. The van der Waals surface area contributed by atoms with Crippen molar-refractivity contribution in [3.8, 4) is 0 Å². The Bertz CT molecular complexity index is 1830. The fourth-order valence-electron chi connectivity index (χ4n) is 4.57. The summed E-state index contributed by atoms with van der Waals surface area (Å²) < 4.78 is 83.4. The number of hydrazone groups is 1. The highest BCUT2D eigenvalue weighted by Gasteiger charge is 2.32. The van der Waals surface area contributed by atoms with Gasteiger partial charge in [0.25, 0.3) is 16.0 Å². The van der Waals surface area contributed by atoms with Gasteiger partial charge in [0.2, 0.25) is 0 Å². The van der Waals surface area contributed by atoms with Gasteiger partial charge in [-0.2, -0.15) is 31.7 Å². The van der Waals surface area contributed by atoms with Gasteiger partial charge in [-0.25, -0.2) is 9.40 Å². The summed E-state index contributed by atoms with van der Waals surface area (Å²) in [5.74, 6) is -1.30. The van der Waals surface area contributed by atoms with Crippen LogP contribution in [0.3, 0.4) is 0 Å². The third kappa shape index (κ3) is 7.14. The molecule has 7 nitrogen and oxygen atoms in total. The van der Waals surface area contributed by atoms with Gasteiger partial charge in [0, 0.05) is 23.0 Å². The lowest BCUT2D eigenvalue weighted by Gasteiger charge is -2.30. The number of amidine groups is 1. The summed E-state index contributed by atoms with van der Waals surface area (Å²) >= 11 is 6.12. The average Bonchev–Trinajstić information content (AvgIpc) is 3.01. The molecule has 0 radical (unpaired) electrons. The first-order valence-electron chi connectivity index (χ1n) is 13.2. The molecular formula is C31H24ClF4N5O2S. The third-order valence-electron chi connectivity index (χ3n) is 6.80. The minimum atomic E-state index is -4.65. The second kappa shape index (κ2) is 12.6. The SMILES string of the molecule is N/C(=N\C(=N\S(=O)(=O)c1ccc(C(F)(F)F)cc1)N1CCC(c2ccccc2)C(c2ccc(Cl)cc2)=N1)c1ccc(F)cc1. The van der Waals surface area contributed by atoms with Crippen LogP contribution in [-0.4, -0.2) is 37.5 Å². The minimum absolute atomic E-state index is 0.165. The number of halogens is 5. The molecule has 1 heterocycles. The van der Waals surface area contributed by atoms with E-state index < -0.39 is 38.4 Å². The van der Waals surface area contributed by atoms with Crippen molar-refractivity contribution in [3.63, 3.8) is 0 Å². The summed E-state index contributed by atoms with van der Waals surface area (Å²) in [6, 6.07) is 24.6. The van der Waals surface area contributed by atoms with E-state index in [1.807, 2.05) is 30.3 Å². The Hall–Kier alpha value is -4.55. The van der Waals surface area contributed by atoms with Crippen LogP contribution < -0.4 is 5.73 Å². The van der Waals surface area contributed by atoms with Gasteiger partial charge >= 0.3 is 6.18 Å². The lowest BCUT2D eigenvalue weighted by molar-refractivity contribution is -0.137. The fraction of sp³-hybridized carbons (Fsp3) is 0.129. The van der Waals surface area contributed by atoms with Crippen LogP contribution in [0.1, 0.15) is 34.6 Å². The Morgan fingerprint density at radius 1 is 0.909 bits per heavy atom. The molecular weight excluding hydrogens is 618 g/mol. The van der Waals surface area contributed by atoms with Gasteiger partial charge in [0.05, 0.1) is 16.2 Å². The van der Waals surface area contributed by atoms with Crippen molar-refractivity contribution in [1.29, 1.82) is 0 Å². The molecule has 0 aliphatic carbocycles. The van der Waals surface area contributed by atoms with E-state index >= 15 is 0 Å². The molecule has 1 aliphatic rings. The van der Waals surface area contributed by atoms with Crippen LogP contribution in [0, 0.1) is 5.82 Å². The van der Waals surface area contributed by atoms with E-state index in [1.165, 1.54) is 17.1 Å². The standard InChI is InChI=1S/C31H24ClF4N5O2S/c32-24-12-6-21(7-13-24)28-27(20-4-2-1-3-5-20)18-19-41(39-28)30(38-29(37)22-8-14-25(33)15-9-22)40-44(42,43)26-16-10-23(11-17-26)31(34,35)36/h1-17,27H,18-19H2,(H2,37,38,40).